The van der Waals surface area contributed by atoms with Crippen molar-refractivity contribution in [1.82, 2.24) is 0 Å². The summed E-state index contributed by atoms with van der Waals surface area (Å²) >= 11 is 4.53. The number of halogens is 1. The highest BCUT2D eigenvalue weighted by atomic mass is 32.1. The topological polar surface area (TPSA) is 35.2 Å². The van der Waals surface area contributed by atoms with E-state index < -0.39 is 12.3 Å². The van der Waals surface area contributed by atoms with Gasteiger partial charge in [-0.05, 0) is 44.8 Å². The van der Waals surface area contributed by atoms with Gasteiger partial charge in [-0.2, -0.15) is 12.6 Å². The average Bonchev–Trinajstić information content (AvgIpc) is 2.26. The van der Waals surface area contributed by atoms with E-state index in [0.29, 0.717) is 18.7 Å². The molecule has 0 radical (unpaired) electrons. The summed E-state index contributed by atoms with van der Waals surface area (Å²) in [6, 6.07) is 5.15. The smallest absolute Gasteiger partial charge is 0.311 e. The molecule has 0 bridgehead atoms. The van der Waals surface area contributed by atoms with Crippen LogP contribution in [-0.2, 0) is 11.3 Å². The molecule has 0 aliphatic heterocycles. The molecule has 2 nitrogen and oxygen atoms in total. The van der Waals surface area contributed by atoms with Crippen molar-refractivity contribution >= 4 is 31.3 Å². The van der Waals surface area contributed by atoms with Crippen LogP contribution < -0.4 is 11.2 Å². The van der Waals surface area contributed by atoms with Gasteiger partial charge in [0.1, 0.15) is 6.67 Å². The molecule has 0 spiro atoms. The lowest BCUT2D eigenvalue weighted by Crippen LogP contribution is -2.46. The number of hydrogen-bond acceptors (Lipinski definition) is 3. The number of thiol groups is 1. The summed E-state index contributed by atoms with van der Waals surface area (Å²) in [7, 11) is 0.358. The molecule has 100 valence electrons. The van der Waals surface area contributed by atoms with E-state index in [2.05, 4.69) is 12.6 Å². The maximum atomic E-state index is 12.6. The Morgan fingerprint density at radius 3 is 2.44 bits per heavy atom. The molecular weight excluding hydrogens is 248 g/mol. The first kappa shape index (κ1) is 15.4. The van der Waals surface area contributed by atoms with Crippen molar-refractivity contribution in [3.8, 4) is 0 Å². The first-order chi connectivity index (χ1) is 8.17. The van der Waals surface area contributed by atoms with E-state index in [0.717, 1.165) is 5.46 Å². The Bertz CT molecular complexity index is 418. The minimum Gasteiger partial charge on any atom is -0.428 e. The van der Waals surface area contributed by atoms with Crippen molar-refractivity contribution in [2.24, 2.45) is 0 Å². The zero-order valence-electron chi connectivity index (χ0n) is 11.5. The number of alkyl halides is 1. The molecule has 1 aromatic rings. The molecule has 0 unspecified atom stereocenters. The molecule has 0 saturated heterocycles. The Kier molecular flexibility index (Phi) is 4.73. The average molecular weight is 269 g/mol. The maximum absolute atomic E-state index is 12.6. The highest BCUT2D eigenvalue weighted by molar-refractivity contribution is 7.81. The molecule has 2 N–H and O–H groups in total. The normalized spacial score (nSPS) is 12.6. The van der Waals surface area contributed by atoms with Gasteiger partial charge in [0.15, 0.2) is 0 Å². The number of nitrogen functional groups attached to an aromatic ring is 1. The predicted octanol–water partition coefficient (Wildman–Crippen LogP) is 2.22. The molecule has 0 saturated carbocycles. The fraction of sp³-hybridized carbons (Fsp3) is 0.538. The van der Waals surface area contributed by atoms with Gasteiger partial charge in [0.25, 0.3) is 0 Å². The molecule has 5 heteroatoms. The Morgan fingerprint density at radius 1 is 1.33 bits per heavy atom. The van der Waals surface area contributed by atoms with E-state index in [4.69, 9.17) is 10.4 Å². The van der Waals surface area contributed by atoms with Crippen molar-refractivity contribution in [3.05, 3.63) is 23.8 Å². The van der Waals surface area contributed by atoms with Crippen LogP contribution in [-0.4, -0.2) is 17.8 Å². The summed E-state index contributed by atoms with van der Waals surface area (Å²) in [5.41, 5.74) is 7.51. The molecule has 1 rings (SSSR count). The summed E-state index contributed by atoms with van der Waals surface area (Å²) in [4.78, 5) is 0. The molecule has 0 atom stereocenters. The second-order valence-electron chi connectivity index (χ2n) is 5.52. The van der Waals surface area contributed by atoms with Gasteiger partial charge >= 0.3 is 7.48 Å². The number of anilines is 1. The second kappa shape index (κ2) is 5.53. The Hall–Kier alpha value is -0.675. The first-order valence-electron chi connectivity index (χ1n) is 5.97. The van der Waals surface area contributed by atoms with Gasteiger partial charge in [-0.15, -0.1) is 0 Å². The van der Waals surface area contributed by atoms with E-state index in [1.807, 2.05) is 27.7 Å². The van der Waals surface area contributed by atoms with Crippen molar-refractivity contribution in [2.45, 2.75) is 44.7 Å². The summed E-state index contributed by atoms with van der Waals surface area (Å²) < 4.78 is 18.2. The minimum atomic E-state index is -0.491. The van der Waals surface area contributed by atoms with E-state index >= 15 is 0 Å². The molecular formula is C13H21BFNOS. The number of benzene rings is 1. The van der Waals surface area contributed by atoms with Crippen molar-refractivity contribution in [3.63, 3.8) is 0 Å². The van der Waals surface area contributed by atoms with Crippen LogP contribution in [0.1, 0.15) is 33.3 Å². The van der Waals surface area contributed by atoms with Crippen molar-refractivity contribution in [1.29, 1.82) is 0 Å². The minimum absolute atomic E-state index is 0.278. The van der Waals surface area contributed by atoms with Crippen molar-refractivity contribution < 1.29 is 9.04 Å². The highest BCUT2D eigenvalue weighted by Gasteiger charge is 2.34. The molecule has 0 heterocycles. The number of nitrogens with two attached hydrogens (primary N) is 1. The van der Waals surface area contributed by atoms with E-state index in [1.165, 1.54) is 0 Å². The predicted molar refractivity (Wildman–Crippen MR) is 80.7 cm³/mol. The van der Waals surface area contributed by atoms with Gasteiger partial charge in [-0.1, -0.05) is 12.1 Å². The molecule has 0 aliphatic rings. The molecule has 0 aliphatic carbocycles. The van der Waals surface area contributed by atoms with Crippen LogP contribution in [0.3, 0.4) is 0 Å². The zero-order valence-corrected chi connectivity index (χ0v) is 12.4. The van der Waals surface area contributed by atoms with Crippen LogP contribution in [0.2, 0.25) is 0 Å². The van der Waals surface area contributed by atoms with Gasteiger partial charge in [0, 0.05) is 10.4 Å². The SMILES string of the molecule is CC(C)(S)C(C)(C)OBc1cc(CF)ccc1N. The van der Waals surface area contributed by atoms with Crippen LogP contribution in [0.5, 0.6) is 0 Å². The fourth-order valence-electron chi connectivity index (χ4n) is 1.30. The second-order valence-corrected chi connectivity index (χ2v) is 6.64. The molecule has 18 heavy (non-hydrogen) atoms. The van der Waals surface area contributed by atoms with E-state index in [1.54, 1.807) is 18.2 Å². The van der Waals surface area contributed by atoms with Gasteiger partial charge in [0.05, 0.1) is 5.60 Å². The largest absolute Gasteiger partial charge is 0.428 e. The Labute approximate surface area is 115 Å². The third-order valence-corrected chi connectivity index (χ3v) is 3.96. The maximum Gasteiger partial charge on any atom is 0.311 e. The lowest BCUT2D eigenvalue weighted by molar-refractivity contribution is 0.0855. The van der Waals surface area contributed by atoms with Gasteiger partial charge < -0.3 is 10.4 Å². The number of hydrogen-bond donors (Lipinski definition) is 2. The summed E-state index contributed by atoms with van der Waals surface area (Å²) in [6.45, 7) is 7.47. The van der Waals surface area contributed by atoms with Gasteiger partial charge in [0.2, 0.25) is 0 Å². The van der Waals surface area contributed by atoms with E-state index in [-0.39, 0.29) is 4.75 Å². The van der Waals surface area contributed by atoms with E-state index in [9.17, 15) is 4.39 Å². The summed E-state index contributed by atoms with van der Waals surface area (Å²) in [5, 5.41) is 0. The highest BCUT2D eigenvalue weighted by Crippen LogP contribution is 2.30. The van der Waals surface area contributed by atoms with Crippen LogP contribution >= 0.6 is 12.6 Å². The summed E-state index contributed by atoms with van der Waals surface area (Å²) in [6.07, 6.45) is 0. The monoisotopic (exact) mass is 269 g/mol. The Morgan fingerprint density at radius 2 is 1.94 bits per heavy atom. The Balaban J connectivity index is 2.80. The van der Waals surface area contributed by atoms with Crippen LogP contribution in [0.15, 0.2) is 18.2 Å². The lowest BCUT2D eigenvalue weighted by atomic mass is 9.82. The van der Waals surface area contributed by atoms with Gasteiger partial charge in [-0.25, -0.2) is 4.39 Å². The molecule has 0 fully saturated rings. The zero-order chi connectivity index (χ0) is 14.0. The third kappa shape index (κ3) is 3.66. The third-order valence-electron chi connectivity index (χ3n) is 3.42. The lowest BCUT2D eigenvalue weighted by Gasteiger charge is -2.38. The molecule has 1 aromatic carbocycles. The van der Waals surface area contributed by atoms with Crippen LogP contribution in [0.4, 0.5) is 10.1 Å². The summed E-state index contributed by atoms with van der Waals surface area (Å²) in [5.74, 6) is 0. The quantitative estimate of drug-likeness (QED) is 0.488. The van der Waals surface area contributed by atoms with Crippen LogP contribution in [0, 0.1) is 0 Å². The first-order valence-corrected chi connectivity index (χ1v) is 6.41. The standard InChI is InChI=1S/C13H21BFNOS/c1-12(2,13(3,4)18)17-14-10-7-9(8-15)5-6-11(10)16/h5-7,14,18H,8,16H2,1-4H3. The van der Waals surface area contributed by atoms with Crippen LogP contribution in [0.25, 0.3) is 0 Å². The number of rotatable bonds is 5. The molecule has 0 amide bonds. The molecule has 0 aromatic heterocycles. The van der Waals surface area contributed by atoms with Gasteiger partial charge in [-0.3, -0.25) is 0 Å². The van der Waals surface area contributed by atoms with Crippen molar-refractivity contribution in [2.75, 3.05) is 5.73 Å². The fourth-order valence-corrected chi connectivity index (χ4v) is 1.37.